The minimum absolute atomic E-state index is 0.0707. The van der Waals surface area contributed by atoms with Gasteiger partial charge in [0.1, 0.15) is 11.6 Å². The van der Waals surface area contributed by atoms with Crippen LogP contribution in [0.25, 0.3) is 22.8 Å². The first-order valence-corrected chi connectivity index (χ1v) is 6.45. The Bertz CT molecular complexity index is 786. The Labute approximate surface area is 120 Å². The minimum Gasteiger partial charge on any atom is -0.508 e. The number of hydrogen-bond donors (Lipinski definition) is 1. The van der Waals surface area contributed by atoms with Gasteiger partial charge in [0.25, 0.3) is 5.89 Å². The molecule has 0 saturated heterocycles. The zero-order chi connectivity index (χ0) is 14.8. The Morgan fingerprint density at radius 3 is 2.86 bits per heavy atom. The molecule has 3 aromatic rings. The van der Waals surface area contributed by atoms with Gasteiger partial charge in [0, 0.05) is 24.0 Å². The molecule has 0 spiro atoms. The highest BCUT2D eigenvalue weighted by Gasteiger charge is 2.16. The third-order valence-electron chi connectivity index (χ3n) is 3.13. The molecule has 1 aromatic carbocycles. The number of pyridine rings is 1. The zero-order valence-corrected chi connectivity index (χ0v) is 11.2. The van der Waals surface area contributed by atoms with Crippen molar-refractivity contribution in [1.82, 2.24) is 15.1 Å². The van der Waals surface area contributed by atoms with Crippen LogP contribution in [0.4, 0.5) is 4.39 Å². The smallest absolute Gasteiger partial charge is 0.261 e. The summed E-state index contributed by atoms with van der Waals surface area (Å²) < 4.78 is 18.9. The first kappa shape index (κ1) is 13.2. The van der Waals surface area contributed by atoms with Crippen LogP contribution < -0.4 is 0 Å². The second kappa shape index (κ2) is 5.32. The summed E-state index contributed by atoms with van der Waals surface area (Å²) in [6, 6.07) is 5.56. The van der Waals surface area contributed by atoms with Gasteiger partial charge in [0.05, 0.1) is 5.56 Å². The Morgan fingerprint density at radius 2 is 2.10 bits per heavy atom. The molecule has 0 radical (unpaired) electrons. The van der Waals surface area contributed by atoms with Gasteiger partial charge in [-0.3, -0.25) is 4.98 Å². The van der Waals surface area contributed by atoms with E-state index in [0.29, 0.717) is 5.82 Å². The van der Waals surface area contributed by atoms with Crippen molar-refractivity contribution >= 4 is 0 Å². The van der Waals surface area contributed by atoms with E-state index in [9.17, 15) is 9.50 Å². The molecule has 1 N–H and O–H groups in total. The molecule has 0 saturated carbocycles. The minimum atomic E-state index is -0.615. The van der Waals surface area contributed by atoms with E-state index in [-0.39, 0.29) is 17.2 Å². The van der Waals surface area contributed by atoms with Crippen molar-refractivity contribution in [3.8, 4) is 28.6 Å². The van der Waals surface area contributed by atoms with Crippen molar-refractivity contribution in [2.75, 3.05) is 0 Å². The highest BCUT2D eigenvalue weighted by atomic mass is 19.1. The normalized spacial score (nSPS) is 10.8. The van der Waals surface area contributed by atoms with Gasteiger partial charge in [-0.25, -0.2) is 4.39 Å². The fourth-order valence-corrected chi connectivity index (χ4v) is 2.05. The van der Waals surface area contributed by atoms with Crippen molar-refractivity contribution in [3.05, 3.63) is 48.0 Å². The van der Waals surface area contributed by atoms with Crippen LogP contribution in [0, 0.1) is 5.82 Å². The molecule has 5 nitrogen and oxygen atoms in total. The van der Waals surface area contributed by atoms with E-state index in [1.807, 2.05) is 6.92 Å². The van der Waals surface area contributed by atoms with E-state index >= 15 is 0 Å². The average molecular weight is 285 g/mol. The molecule has 106 valence electrons. The quantitative estimate of drug-likeness (QED) is 0.800. The van der Waals surface area contributed by atoms with Gasteiger partial charge >= 0.3 is 0 Å². The molecule has 3 rings (SSSR count). The number of phenolic OH excluding ortho intramolecular Hbond substituents is 1. The van der Waals surface area contributed by atoms with E-state index in [4.69, 9.17) is 4.52 Å². The van der Waals surface area contributed by atoms with E-state index < -0.39 is 5.82 Å². The van der Waals surface area contributed by atoms with Crippen molar-refractivity contribution in [2.45, 2.75) is 13.3 Å². The van der Waals surface area contributed by atoms with Gasteiger partial charge in [0.15, 0.2) is 0 Å². The summed E-state index contributed by atoms with van der Waals surface area (Å²) in [5.74, 6) is -0.313. The molecule has 0 unspecified atom stereocenters. The van der Waals surface area contributed by atoms with Gasteiger partial charge in [-0.2, -0.15) is 4.98 Å². The van der Waals surface area contributed by atoms with Gasteiger partial charge in [-0.15, -0.1) is 0 Å². The number of nitrogens with zero attached hydrogens (tertiary/aromatic N) is 3. The van der Waals surface area contributed by atoms with Gasteiger partial charge in [-0.1, -0.05) is 12.1 Å². The average Bonchev–Trinajstić information content (AvgIpc) is 2.96. The van der Waals surface area contributed by atoms with Crippen LogP contribution >= 0.6 is 0 Å². The molecular weight excluding hydrogens is 273 g/mol. The maximum absolute atomic E-state index is 13.8. The first-order valence-electron chi connectivity index (χ1n) is 6.45. The van der Waals surface area contributed by atoms with Crippen LogP contribution in [-0.2, 0) is 6.42 Å². The monoisotopic (exact) mass is 285 g/mol. The number of aryl methyl sites for hydroxylation is 1. The summed E-state index contributed by atoms with van der Waals surface area (Å²) in [6.45, 7) is 2.00. The zero-order valence-electron chi connectivity index (χ0n) is 11.2. The van der Waals surface area contributed by atoms with Crippen LogP contribution in [-0.4, -0.2) is 20.2 Å². The Kier molecular flexibility index (Phi) is 3.35. The molecule has 2 heterocycles. The number of aromatic nitrogens is 3. The highest BCUT2D eigenvalue weighted by Crippen LogP contribution is 2.27. The van der Waals surface area contributed by atoms with Gasteiger partial charge in [0.2, 0.25) is 5.82 Å². The molecule has 0 fully saturated rings. The number of hydrogen-bond acceptors (Lipinski definition) is 5. The summed E-state index contributed by atoms with van der Waals surface area (Å²) in [6.07, 6.45) is 4.17. The molecule has 0 aliphatic carbocycles. The van der Waals surface area contributed by atoms with E-state index in [0.717, 1.165) is 23.6 Å². The van der Waals surface area contributed by atoms with Crippen molar-refractivity contribution in [2.24, 2.45) is 0 Å². The number of benzene rings is 1. The molecule has 21 heavy (non-hydrogen) atoms. The van der Waals surface area contributed by atoms with E-state index in [1.54, 1.807) is 18.5 Å². The summed E-state index contributed by atoms with van der Waals surface area (Å²) in [4.78, 5) is 8.28. The molecule has 0 amide bonds. The third kappa shape index (κ3) is 2.47. The van der Waals surface area contributed by atoms with Gasteiger partial charge < -0.3 is 9.63 Å². The lowest BCUT2D eigenvalue weighted by atomic mass is 10.1. The second-order valence-corrected chi connectivity index (χ2v) is 4.47. The topological polar surface area (TPSA) is 72.0 Å². The van der Waals surface area contributed by atoms with Crippen LogP contribution in [0.5, 0.6) is 5.75 Å². The van der Waals surface area contributed by atoms with Crippen LogP contribution in [0.3, 0.4) is 0 Å². The predicted octanol–water partition coefficient (Wildman–Crippen LogP) is 3.21. The standard InChI is InChI=1S/C15H12FN3O2/c1-2-9-8-17-6-5-11(9)14-18-15(21-19-14)12-4-3-10(20)7-13(12)16/h3-8,20H,2H2,1H3. The lowest BCUT2D eigenvalue weighted by molar-refractivity contribution is 0.428. The molecule has 0 atom stereocenters. The summed E-state index contributed by atoms with van der Waals surface area (Å²) in [5.41, 5.74) is 1.94. The molecule has 2 aromatic heterocycles. The van der Waals surface area contributed by atoms with Crippen LogP contribution in [0.15, 0.2) is 41.2 Å². The maximum Gasteiger partial charge on any atom is 0.261 e. The van der Waals surface area contributed by atoms with Crippen LogP contribution in [0.1, 0.15) is 12.5 Å². The van der Waals surface area contributed by atoms with Crippen molar-refractivity contribution in [3.63, 3.8) is 0 Å². The summed E-state index contributed by atoms with van der Waals surface area (Å²) >= 11 is 0. The van der Waals surface area contributed by atoms with E-state index in [1.165, 1.54) is 12.1 Å². The molecule has 0 bridgehead atoms. The Morgan fingerprint density at radius 1 is 1.24 bits per heavy atom. The SMILES string of the molecule is CCc1cnccc1-c1noc(-c2ccc(O)cc2F)n1. The lowest BCUT2D eigenvalue weighted by Crippen LogP contribution is -1.90. The molecule has 0 aliphatic rings. The van der Waals surface area contributed by atoms with Crippen molar-refractivity contribution < 1.29 is 14.0 Å². The lowest BCUT2D eigenvalue weighted by Gasteiger charge is -2.01. The summed E-state index contributed by atoms with van der Waals surface area (Å²) in [5, 5.41) is 13.1. The number of rotatable bonds is 3. The molecular formula is C15H12FN3O2. The van der Waals surface area contributed by atoms with Crippen molar-refractivity contribution in [1.29, 1.82) is 0 Å². The van der Waals surface area contributed by atoms with Gasteiger partial charge in [-0.05, 0) is 30.2 Å². The maximum atomic E-state index is 13.8. The second-order valence-electron chi connectivity index (χ2n) is 4.47. The van der Waals surface area contributed by atoms with Crippen LogP contribution in [0.2, 0.25) is 0 Å². The number of aromatic hydroxyl groups is 1. The molecule has 6 heteroatoms. The Hall–Kier alpha value is -2.76. The number of phenols is 1. The number of halogens is 1. The van der Waals surface area contributed by atoms with E-state index in [2.05, 4.69) is 15.1 Å². The Balaban J connectivity index is 2.04. The fourth-order valence-electron chi connectivity index (χ4n) is 2.05. The predicted molar refractivity (Wildman–Crippen MR) is 74.0 cm³/mol. The molecule has 0 aliphatic heterocycles. The third-order valence-corrected chi connectivity index (χ3v) is 3.13. The summed E-state index contributed by atoms with van der Waals surface area (Å²) in [7, 11) is 0. The largest absolute Gasteiger partial charge is 0.508 e. The first-order chi connectivity index (χ1) is 10.2. The fraction of sp³-hybridized carbons (Fsp3) is 0.133. The highest BCUT2D eigenvalue weighted by molar-refractivity contribution is 5.63.